The van der Waals surface area contributed by atoms with E-state index in [2.05, 4.69) is 5.32 Å². The molecule has 86 valence electrons. The standard InChI is InChI=1S/C11H11F2NO2/c1-2-16-11(15)9-5-6-8(14-9)4-3-7(12)10(6)13/h3-4,9,14H,2,5H2,1H3. The van der Waals surface area contributed by atoms with Gasteiger partial charge in [0, 0.05) is 17.7 Å². The van der Waals surface area contributed by atoms with Gasteiger partial charge in [0.05, 0.1) is 6.61 Å². The average Bonchev–Trinajstić information content (AvgIpc) is 2.69. The molecule has 0 spiro atoms. The monoisotopic (exact) mass is 227 g/mol. The van der Waals surface area contributed by atoms with E-state index in [1.54, 1.807) is 6.92 Å². The molecule has 0 saturated carbocycles. The number of nitrogens with one attached hydrogen (secondary N) is 1. The molecule has 1 atom stereocenters. The van der Waals surface area contributed by atoms with Crippen molar-refractivity contribution in [3.63, 3.8) is 0 Å². The van der Waals surface area contributed by atoms with Crippen molar-refractivity contribution in [2.45, 2.75) is 19.4 Å². The lowest BCUT2D eigenvalue weighted by molar-refractivity contribution is -0.143. The van der Waals surface area contributed by atoms with Crippen LogP contribution in [0.3, 0.4) is 0 Å². The molecule has 5 heteroatoms. The first-order chi connectivity index (χ1) is 7.63. The minimum absolute atomic E-state index is 0.123. The molecule has 16 heavy (non-hydrogen) atoms. The molecule has 1 unspecified atom stereocenters. The number of fused-ring (bicyclic) bond motifs is 1. The molecule has 0 aromatic heterocycles. The molecule has 2 rings (SSSR count). The van der Waals surface area contributed by atoms with Crippen LogP contribution in [0.15, 0.2) is 12.1 Å². The number of esters is 1. The zero-order valence-corrected chi connectivity index (χ0v) is 8.72. The van der Waals surface area contributed by atoms with Crippen molar-refractivity contribution in [3.8, 4) is 0 Å². The first-order valence-electron chi connectivity index (χ1n) is 5.03. The van der Waals surface area contributed by atoms with Crippen LogP contribution >= 0.6 is 0 Å². The number of anilines is 1. The van der Waals surface area contributed by atoms with E-state index in [1.807, 2.05) is 0 Å². The Morgan fingerprint density at radius 1 is 1.56 bits per heavy atom. The van der Waals surface area contributed by atoms with Gasteiger partial charge in [0.2, 0.25) is 0 Å². The summed E-state index contributed by atoms with van der Waals surface area (Å²) in [6, 6.07) is 1.84. The third-order valence-electron chi connectivity index (χ3n) is 2.51. The predicted molar refractivity (Wildman–Crippen MR) is 54.1 cm³/mol. The van der Waals surface area contributed by atoms with Crippen molar-refractivity contribution < 1.29 is 18.3 Å². The predicted octanol–water partition coefficient (Wildman–Crippen LogP) is 1.86. The summed E-state index contributed by atoms with van der Waals surface area (Å²) in [7, 11) is 0. The van der Waals surface area contributed by atoms with Crippen LogP contribution in [-0.2, 0) is 16.0 Å². The molecule has 1 aliphatic heterocycles. The largest absolute Gasteiger partial charge is 0.464 e. The molecule has 0 bridgehead atoms. The second-order valence-electron chi connectivity index (χ2n) is 3.54. The first-order valence-corrected chi connectivity index (χ1v) is 5.03. The third-order valence-corrected chi connectivity index (χ3v) is 2.51. The van der Waals surface area contributed by atoms with Gasteiger partial charge >= 0.3 is 5.97 Å². The number of hydrogen-bond donors (Lipinski definition) is 1. The fourth-order valence-corrected chi connectivity index (χ4v) is 1.76. The van der Waals surface area contributed by atoms with E-state index < -0.39 is 23.6 Å². The Labute approximate surface area is 91.4 Å². The second-order valence-corrected chi connectivity index (χ2v) is 3.54. The molecule has 1 aliphatic rings. The zero-order chi connectivity index (χ0) is 11.7. The Kier molecular flexibility index (Phi) is 2.77. The van der Waals surface area contributed by atoms with Crippen molar-refractivity contribution in [2.24, 2.45) is 0 Å². The van der Waals surface area contributed by atoms with Crippen LogP contribution in [0.2, 0.25) is 0 Å². The van der Waals surface area contributed by atoms with E-state index in [0.29, 0.717) is 5.69 Å². The van der Waals surface area contributed by atoms with Gasteiger partial charge in [-0.25, -0.2) is 13.6 Å². The van der Waals surface area contributed by atoms with Crippen LogP contribution in [0.1, 0.15) is 12.5 Å². The lowest BCUT2D eigenvalue weighted by atomic mass is 10.1. The lowest BCUT2D eigenvalue weighted by Crippen LogP contribution is -2.29. The molecule has 0 fully saturated rings. The Bertz CT molecular complexity index is 434. The Balaban J connectivity index is 2.21. The minimum Gasteiger partial charge on any atom is -0.464 e. The number of rotatable bonds is 2. The highest BCUT2D eigenvalue weighted by molar-refractivity contribution is 5.82. The average molecular weight is 227 g/mol. The summed E-state index contributed by atoms with van der Waals surface area (Å²) in [5, 5.41) is 2.81. The molecule has 0 radical (unpaired) electrons. The summed E-state index contributed by atoms with van der Waals surface area (Å²) in [6.07, 6.45) is 0.123. The van der Waals surface area contributed by atoms with Crippen molar-refractivity contribution in [3.05, 3.63) is 29.3 Å². The van der Waals surface area contributed by atoms with Crippen LogP contribution in [0.5, 0.6) is 0 Å². The van der Waals surface area contributed by atoms with Gasteiger partial charge in [-0.1, -0.05) is 0 Å². The number of hydrogen-bond acceptors (Lipinski definition) is 3. The molecule has 3 nitrogen and oxygen atoms in total. The summed E-state index contributed by atoms with van der Waals surface area (Å²) in [6.45, 7) is 1.96. The van der Waals surface area contributed by atoms with Crippen LogP contribution < -0.4 is 5.32 Å². The second kappa shape index (κ2) is 4.08. The van der Waals surface area contributed by atoms with Gasteiger partial charge in [0.25, 0.3) is 0 Å². The van der Waals surface area contributed by atoms with Gasteiger partial charge in [0.15, 0.2) is 11.6 Å². The SMILES string of the molecule is CCOC(=O)C1Cc2c(ccc(F)c2F)N1. The molecular formula is C11H11F2NO2. The maximum atomic E-state index is 13.4. The molecule has 0 amide bonds. The van der Waals surface area contributed by atoms with E-state index in [4.69, 9.17) is 4.74 Å². The summed E-state index contributed by atoms with van der Waals surface area (Å²) in [5.74, 6) is -2.24. The van der Waals surface area contributed by atoms with Gasteiger partial charge in [0.1, 0.15) is 6.04 Å². The van der Waals surface area contributed by atoms with E-state index in [9.17, 15) is 13.6 Å². The van der Waals surface area contributed by atoms with Crippen LogP contribution in [-0.4, -0.2) is 18.6 Å². The van der Waals surface area contributed by atoms with E-state index in [0.717, 1.165) is 6.07 Å². The summed E-state index contributed by atoms with van der Waals surface area (Å²) in [4.78, 5) is 11.4. The lowest BCUT2D eigenvalue weighted by Gasteiger charge is -2.09. The quantitative estimate of drug-likeness (QED) is 0.784. The van der Waals surface area contributed by atoms with Crippen LogP contribution in [0, 0.1) is 11.6 Å². The molecule has 1 heterocycles. The van der Waals surface area contributed by atoms with Crippen molar-refractivity contribution in [1.82, 2.24) is 0 Å². The number of carbonyl (C=O) groups is 1. The maximum absolute atomic E-state index is 13.4. The van der Waals surface area contributed by atoms with E-state index in [1.165, 1.54) is 6.07 Å². The van der Waals surface area contributed by atoms with Gasteiger partial charge in [-0.2, -0.15) is 0 Å². The summed E-state index contributed by atoms with van der Waals surface area (Å²) >= 11 is 0. The highest BCUT2D eigenvalue weighted by atomic mass is 19.2. The van der Waals surface area contributed by atoms with E-state index >= 15 is 0 Å². The van der Waals surface area contributed by atoms with Crippen molar-refractivity contribution >= 4 is 11.7 Å². The molecule has 0 aliphatic carbocycles. The van der Waals surface area contributed by atoms with Gasteiger partial charge in [-0.3, -0.25) is 0 Å². The highest BCUT2D eigenvalue weighted by Gasteiger charge is 2.30. The van der Waals surface area contributed by atoms with Gasteiger partial charge in [-0.15, -0.1) is 0 Å². The molecular weight excluding hydrogens is 216 g/mol. The Morgan fingerprint density at radius 3 is 3.00 bits per heavy atom. The minimum atomic E-state index is -0.898. The summed E-state index contributed by atoms with van der Waals surface area (Å²) in [5.41, 5.74) is 0.662. The Morgan fingerprint density at radius 2 is 2.31 bits per heavy atom. The fourth-order valence-electron chi connectivity index (χ4n) is 1.76. The number of ether oxygens (including phenoxy) is 1. The smallest absolute Gasteiger partial charge is 0.328 e. The maximum Gasteiger partial charge on any atom is 0.328 e. The normalized spacial score (nSPS) is 17.8. The molecule has 0 saturated heterocycles. The molecule has 1 N–H and O–H groups in total. The van der Waals surface area contributed by atoms with Crippen LogP contribution in [0.25, 0.3) is 0 Å². The van der Waals surface area contributed by atoms with Gasteiger partial charge < -0.3 is 10.1 Å². The fraction of sp³-hybridized carbons (Fsp3) is 0.364. The van der Waals surface area contributed by atoms with Crippen LogP contribution in [0.4, 0.5) is 14.5 Å². The third kappa shape index (κ3) is 1.73. The highest BCUT2D eigenvalue weighted by Crippen LogP contribution is 2.29. The Hall–Kier alpha value is -1.65. The molecule has 1 aromatic carbocycles. The number of halogens is 2. The number of carbonyl (C=O) groups excluding carboxylic acids is 1. The van der Waals surface area contributed by atoms with Gasteiger partial charge in [-0.05, 0) is 19.1 Å². The first kappa shape index (κ1) is 10.9. The van der Waals surface area contributed by atoms with Crippen molar-refractivity contribution in [1.29, 1.82) is 0 Å². The topological polar surface area (TPSA) is 38.3 Å². The zero-order valence-electron chi connectivity index (χ0n) is 8.72. The van der Waals surface area contributed by atoms with Crippen molar-refractivity contribution in [2.75, 3.05) is 11.9 Å². The molecule has 1 aromatic rings. The summed E-state index contributed by atoms with van der Waals surface area (Å²) < 4.78 is 31.1. The number of benzene rings is 1. The van der Waals surface area contributed by atoms with E-state index in [-0.39, 0.29) is 18.6 Å².